The van der Waals surface area contributed by atoms with E-state index in [9.17, 15) is 4.79 Å². The number of aromatic amines is 1. The van der Waals surface area contributed by atoms with E-state index in [2.05, 4.69) is 15.6 Å². The fraction of sp³-hybridized carbons (Fsp3) is 0.167. The first kappa shape index (κ1) is 12.6. The highest BCUT2D eigenvalue weighted by atomic mass is 35.5. The molecule has 0 radical (unpaired) electrons. The van der Waals surface area contributed by atoms with E-state index < -0.39 is 0 Å². The predicted octanol–water partition coefficient (Wildman–Crippen LogP) is 1.57. The molecule has 5 nitrogen and oxygen atoms in total. The number of amides is 1. The van der Waals surface area contributed by atoms with Gasteiger partial charge in [-0.1, -0.05) is 23.7 Å². The average Bonchev–Trinajstić information content (AvgIpc) is 2.72. The largest absolute Gasteiger partial charge is 0.290 e. The zero-order valence-corrected chi connectivity index (χ0v) is 10.6. The molecule has 0 aliphatic rings. The minimum atomic E-state index is -0.342. The topological polar surface area (TPSA) is 83.8 Å². The molecule has 0 unspecified atom stereocenters. The summed E-state index contributed by atoms with van der Waals surface area (Å²) in [7, 11) is 0. The summed E-state index contributed by atoms with van der Waals surface area (Å²) in [5.41, 5.74) is 5.00. The van der Waals surface area contributed by atoms with Crippen molar-refractivity contribution in [1.82, 2.24) is 15.6 Å². The van der Waals surface area contributed by atoms with Crippen LogP contribution in [0.5, 0.6) is 0 Å². The number of aromatic nitrogens is 2. The molecule has 0 atom stereocenters. The summed E-state index contributed by atoms with van der Waals surface area (Å²) in [4.78, 5) is 11.6. The SMILES string of the molecule is Cc1[nH]nc(Cc2ccc(Cl)cc2)c1C(=O)NN. The van der Waals surface area contributed by atoms with Crippen molar-refractivity contribution in [3.8, 4) is 0 Å². The number of nitrogens with zero attached hydrogens (tertiary/aromatic N) is 1. The lowest BCUT2D eigenvalue weighted by molar-refractivity contribution is 0.0952. The van der Waals surface area contributed by atoms with Gasteiger partial charge in [-0.05, 0) is 24.6 Å². The van der Waals surface area contributed by atoms with Gasteiger partial charge < -0.3 is 0 Å². The maximum absolute atomic E-state index is 11.6. The van der Waals surface area contributed by atoms with Crippen LogP contribution in [-0.2, 0) is 6.42 Å². The van der Waals surface area contributed by atoms with E-state index in [4.69, 9.17) is 17.4 Å². The Labute approximate surface area is 109 Å². The number of benzene rings is 1. The molecule has 94 valence electrons. The van der Waals surface area contributed by atoms with Crippen LogP contribution in [0.15, 0.2) is 24.3 Å². The molecule has 0 spiro atoms. The summed E-state index contributed by atoms with van der Waals surface area (Å²) in [6.07, 6.45) is 0.546. The predicted molar refractivity (Wildman–Crippen MR) is 69.2 cm³/mol. The molecule has 0 saturated carbocycles. The average molecular weight is 265 g/mol. The number of halogens is 1. The minimum absolute atomic E-state index is 0.342. The molecule has 0 fully saturated rings. The molecule has 0 aliphatic carbocycles. The monoisotopic (exact) mass is 264 g/mol. The van der Waals surface area contributed by atoms with Gasteiger partial charge in [0, 0.05) is 17.1 Å². The van der Waals surface area contributed by atoms with E-state index in [-0.39, 0.29) is 5.91 Å². The third-order valence-electron chi connectivity index (χ3n) is 2.67. The zero-order valence-electron chi connectivity index (χ0n) is 9.83. The number of hydrogen-bond acceptors (Lipinski definition) is 3. The maximum Gasteiger partial charge on any atom is 0.268 e. The van der Waals surface area contributed by atoms with Crippen LogP contribution in [0, 0.1) is 6.92 Å². The molecule has 18 heavy (non-hydrogen) atoms. The Morgan fingerprint density at radius 2 is 2.11 bits per heavy atom. The van der Waals surface area contributed by atoms with Crippen LogP contribution < -0.4 is 11.3 Å². The number of carbonyl (C=O) groups excluding carboxylic acids is 1. The second-order valence-electron chi connectivity index (χ2n) is 3.95. The summed E-state index contributed by atoms with van der Waals surface area (Å²) in [5, 5.41) is 7.60. The van der Waals surface area contributed by atoms with E-state index in [0.29, 0.717) is 28.4 Å². The van der Waals surface area contributed by atoms with E-state index in [0.717, 1.165) is 5.56 Å². The van der Waals surface area contributed by atoms with Crippen molar-refractivity contribution in [3.05, 3.63) is 51.8 Å². The molecule has 1 aromatic heterocycles. The van der Waals surface area contributed by atoms with Crippen LogP contribution >= 0.6 is 11.6 Å². The van der Waals surface area contributed by atoms with Gasteiger partial charge in [-0.3, -0.25) is 15.3 Å². The van der Waals surface area contributed by atoms with Crippen molar-refractivity contribution < 1.29 is 4.79 Å². The normalized spacial score (nSPS) is 10.4. The lowest BCUT2D eigenvalue weighted by Gasteiger charge is -2.03. The van der Waals surface area contributed by atoms with E-state index >= 15 is 0 Å². The smallest absolute Gasteiger partial charge is 0.268 e. The summed E-state index contributed by atoms with van der Waals surface area (Å²) in [6.45, 7) is 1.78. The van der Waals surface area contributed by atoms with Gasteiger partial charge in [0.15, 0.2) is 0 Å². The summed E-state index contributed by atoms with van der Waals surface area (Å²) in [5.74, 6) is 4.81. The Morgan fingerprint density at radius 1 is 1.44 bits per heavy atom. The second kappa shape index (κ2) is 5.20. The number of nitrogen functional groups attached to an aromatic ring is 1. The first-order chi connectivity index (χ1) is 8.61. The van der Waals surface area contributed by atoms with Crippen molar-refractivity contribution in [3.63, 3.8) is 0 Å². The van der Waals surface area contributed by atoms with Crippen molar-refractivity contribution in [2.75, 3.05) is 0 Å². The molecule has 4 N–H and O–H groups in total. The third kappa shape index (κ3) is 2.52. The van der Waals surface area contributed by atoms with Crippen LogP contribution in [0.4, 0.5) is 0 Å². The lowest BCUT2D eigenvalue weighted by atomic mass is 10.1. The standard InChI is InChI=1S/C12H13ClN4O/c1-7-11(12(18)15-14)10(17-16-7)6-8-2-4-9(13)5-3-8/h2-5H,6,14H2,1H3,(H,15,18)(H,16,17). The van der Waals surface area contributed by atoms with Gasteiger partial charge in [-0.15, -0.1) is 0 Å². The summed E-state index contributed by atoms with van der Waals surface area (Å²) < 4.78 is 0. The number of H-pyrrole nitrogens is 1. The van der Waals surface area contributed by atoms with Gasteiger partial charge in [0.25, 0.3) is 5.91 Å². The molecule has 6 heteroatoms. The fourth-order valence-corrected chi connectivity index (χ4v) is 1.90. The number of rotatable bonds is 3. The number of hydrogen-bond donors (Lipinski definition) is 3. The van der Waals surface area contributed by atoms with Crippen molar-refractivity contribution in [2.24, 2.45) is 5.84 Å². The highest BCUT2D eigenvalue weighted by Crippen LogP contribution is 2.16. The fourth-order valence-electron chi connectivity index (χ4n) is 1.78. The lowest BCUT2D eigenvalue weighted by Crippen LogP contribution is -2.31. The van der Waals surface area contributed by atoms with Gasteiger partial charge in [-0.25, -0.2) is 5.84 Å². The molecule has 1 heterocycles. The number of nitrogens with one attached hydrogen (secondary N) is 2. The van der Waals surface area contributed by atoms with Gasteiger partial charge in [0.1, 0.15) is 0 Å². The summed E-state index contributed by atoms with van der Waals surface area (Å²) in [6, 6.07) is 7.41. The minimum Gasteiger partial charge on any atom is -0.290 e. The number of aryl methyl sites for hydroxylation is 1. The molecule has 1 amide bonds. The van der Waals surface area contributed by atoms with Gasteiger partial charge in [0.05, 0.1) is 11.3 Å². The quantitative estimate of drug-likeness (QED) is 0.447. The Kier molecular flexibility index (Phi) is 3.64. The van der Waals surface area contributed by atoms with Crippen molar-refractivity contribution >= 4 is 17.5 Å². The number of carbonyl (C=O) groups is 1. The van der Waals surface area contributed by atoms with Crippen LogP contribution in [0.3, 0.4) is 0 Å². The van der Waals surface area contributed by atoms with Crippen LogP contribution in [0.1, 0.15) is 27.3 Å². The number of hydrazine groups is 1. The Morgan fingerprint density at radius 3 is 2.72 bits per heavy atom. The second-order valence-corrected chi connectivity index (χ2v) is 4.38. The molecule has 2 rings (SSSR count). The van der Waals surface area contributed by atoms with Gasteiger partial charge in [-0.2, -0.15) is 5.10 Å². The van der Waals surface area contributed by atoms with Gasteiger partial charge >= 0.3 is 0 Å². The van der Waals surface area contributed by atoms with Crippen molar-refractivity contribution in [2.45, 2.75) is 13.3 Å². The van der Waals surface area contributed by atoms with E-state index in [1.807, 2.05) is 12.1 Å². The highest BCUT2D eigenvalue weighted by molar-refractivity contribution is 6.30. The first-order valence-electron chi connectivity index (χ1n) is 5.41. The van der Waals surface area contributed by atoms with Gasteiger partial charge in [0.2, 0.25) is 0 Å². The van der Waals surface area contributed by atoms with Crippen LogP contribution in [0.2, 0.25) is 5.02 Å². The first-order valence-corrected chi connectivity index (χ1v) is 5.79. The van der Waals surface area contributed by atoms with E-state index in [1.165, 1.54) is 0 Å². The Balaban J connectivity index is 2.29. The van der Waals surface area contributed by atoms with Crippen molar-refractivity contribution in [1.29, 1.82) is 0 Å². The Bertz CT molecular complexity index is 562. The number of nitrogens with two attached hydrogens (primary N) is 1. The third-order valence-corrected chi connectivity index (χ3v) is 2.92. The zero-order chi connectivity index (χ0) is 13.1. The molecule has 0 aliphatic heterocycles. The molecule has 0 saturated heterocycles. The Hall–Kier alpha value is -1.85. The van der Waals surface area contributed by atoms with E-state index in [1.54, 1.807) is 19.1 Å². The van der Waals surface area contributed by atoms with Crippen LogP contribution in [-0.4, -0.2) is 16.1 Å². The van der Waals surface area contributed by atoms with Crippen LogP contribution in [0.25, 0.3) is 0 Å². The summed E-state index contributed by atoms with van der Waals surface area (Å²) >= 11 is 5.82. The molecule has 1 aromatic carbocycles. The molecular formula is C12H13ClN4O. The highest BCUT2D eigenvalue weighted by Gasteiger charge is 2.17. The molecule has 2 aromatic rings. The molecular weight excluding hydrogens is 252 g/mol. The maximum atomic E-state index is 11.6. The molecule has 0 bridgehead atoms.